The zero-order chi connectivity index (χ0) is 29.7. The van der Waals surface area contributed by atoms with Crippen LogP contribution in [0.4, 0.5) is 0 Å². The fraction of sp³-hybridized carbons (Fsp3) is 0.886. The first-order valence-electron chi connectivity index (χ1n) is 16.8. The third kappa shape index (κ3) is 5.64. The molecule has 0 amide bonds. The molecule has 13 atom stereocenters. The van der Waals surface area contributed by atoms with Gasteiger partial charge in [0, 0.05) is 0 Å². The Labute approximate surface area is 248 Å². The van der Waals surface area contributed by atoms with Crippen molar-refractivity contribution in [3.63, 3.8) is 0 Å². The number of fused-ring (bicyclic) bond motifs is 5. The molecule has 5 aliphatic rings. The van der Waals surface area contributed by atoms with Crippen molar-refractivity contribution < 1.29 is 29.9 Å². The van der Waals surface area contributed by atoms with Gasteiger partial charge in [-0.05, 0) is 111 Å². The first kappa shape index (κ1) is 31.7. The van der Waals surface area contributed by atoms with Crippen molar-refractivity contribution in [3.8, 4) is 0 Å². The van der Waals surface area contributed by atoms with E-state index in [-0.39, 0.29) is 11.5 Å². The Balaban J connectivity index is 1.24. The molecule has 0 aromatic carbocycles. The highest BCUT2D eigenvalue weighted by atomic mass is 16.7. The highest BCUT2D eigenvalue weighted by Gasteiger charge is 2.59. The van der Waals surface area contributed by atoms with E-state index in [1.807, 2.05) is 0 Å². The summed E-state index contributed by atoms with van der Waals surface area (Å²) in [5, 5.41) is 40.4. The summed E-state index contributed by atoms with van der Waals surface area (Å²) in [4.78, 5) is 0. The van der Waals surface area contributed by atoms with Crippen LogP contribution in [0.2, 0.25) is 0 Å². The summed E-state index contributed by atoms with van der Waals surface area (Å²) < 4.78 is 11.9. The average molecular weight is 575 g/mol. The Hall–Kier alpha value is -0.760. The van der Waals surface area contributed by atoms with Crippen LogP contribution in [-0.4, -0.2) is 63.8 Å². The van der Waals surface area contributed by atoms with Crippen LogP contribution in [0.15, 0.2) is 23.8 Å². The van der Waals surface area contributed by atoms with E-state index in [2.05, 4.69) is 40.7 Å². The molecule has 234 valence electrons. The topological polar surface area (TPSA) is 99.4 Å². The molecule has 5 rings (SSSR count). The second-order valence-electron chi connectivity index (χ2n) is 15.2. The molecule has 6 heteroatoms. The third-order valence-corrected chi connectivity index (χ3v) is 13.0. The van der Waals surface area contributed by atoms with E-state index in [1.165, 1.54) is 56.1 Å². The molecule has 0 aromatic rings. The average Bonchev–Trinajstić information content (AvgIpc) is 3.30. The Morgan fingerprint density at radius 1 is 1.05 bits per heavy atom. The van der Waals surface area contributed by atoms with Gasteiger partial charge in [-0.15, -0.1) is 0 Å². The summed E-state index contributed by atoms with van der Waals surface area (Å²) in [6.07, 6.45) is 9.18. The summed E-state index contributed by atoms with van der Waals surface area (Å²) in [7, 11) is 0. The monoisotopic (exact) mass is 574 g/mol. The summed E-state index contributed by atoms with van der Waals surface area (Å²) in [5.41, 5.74) is 3.57. The number of allylic oxidation sites excluding steroid dienone is 2. The van der Waals surface area contributed by atoms with Crippen LogP contribution in [0.3, 0.4) is 0 Å². The lowest BCUT2D eigenvalue weighted by Crippen LogP contribution is -2.60. The van der Waals surface area contributed by atoms with Gasteiger partial charge < -0.3 is 29.9 Å². The largest absolute Gasteiger partial charge is 0.394 e. The molecule has 0 spiro atoms. The molecule has 0 bridgehead atoms. The van der Waals surface area contributed by atoms with Crippen molar-refractivity contribution in [2.45, 2.75) is 142 Å². The smallest absolute Gasteiger partial charge is 0.186 e. The predicted octanol–water partition coefficient (Wildman–Crippen LogP) is 5.77. The minimum absolute atomic E-state index is 0.113. The molecule has 1 aliphatic heterocycles. The van der Waals surface area contributed by atoms with Crippen molar-refractivity contribution in [2.24, 2.45) is 46.3 Å². The van der Waals surface area contributed by atoms with Crippen molar-refractivity contribution in [3.05, 3.63) is 23.8 Å². The van der Waals surface area contributed by atoms with E-state index in [0.717, 1.165) is 49.4 Å². The highest BCUT2D eigenvalue weighted by Crippen LogP contribution is 2.67. The van der Waals surface area contributed by atoms with E-state index in [9.17, 15) is 20.4 Å². The summed E-state index contributed by atoms with van der Waals surface area (Å²) in [6.45, 7) is 16.4. The number of hydrogen-bond donors (Lipinski definition) is 4. The van der Waals surface area contributed by atoms with Crippen molar-refractivity contribution in [2.75, 3.05) is 6.61 Å². The van der Waals surface area contributed by atoms with E-state index < -0.39 is 37.3 Å². The Bertz CT molecular complexity index is 960. The number of aliphatic hydroxyl groups is 4. The number of hydrogen-bond acceptors (Lipinski definition) is 6. The lowest BCUT2D eigenvalue weighted by atomic mass is 9.47. The van der Waals surface area contributed by atoms with Gasteiger partial charge in [-0.2, -0.15) is 0 Å². The Kier molecular flexibility index (Phi) is 9.51. The Morgan fingerprint density at radius 3 is 2.49 bits per heavy atom. The van der Waals surface area contributed by atoms with Gasteiger partial charge in [0.05, 0.1) is 12.7 Å². The molecule has 1 saturated heterocycles. The van der Waals surface area contributed by atoms with Gasteiger partial charge in [0.2, 0.25) is 0 Å². The van der Waals surface area contributed by atoms with Crippen molar-refractivity contribution in [1.82, 2.24) is 0 Å². The molecule has 6 nitrogen and oxygen atoms in total. The SMILES string of the molecule is C=C(CCC(CC)C(C)C)[C@H]1CCC2C3CC=C4C[C@@H](OC5OC(CO)C(O)C(O)C5O)CC[C@]4(C)C3CC[C@@]21C. The molecule has 4 aliphatic carbocycles. The zero-order valence-corrected chi connectivity index (χ0v) is 26.3. The fourth-order valence-corrected chi connectivity index (χ4v) is 10.3. The van der Waals surface area contributed by atoms with Crippen molar-refractivity contribution >= 4 is 0 Å². The van der Waals surface area contributed by atoms with E-state index >= 15 is 0 Å². The van der Waals surface area contributed by atoms with Gasteiger partial charge in [-0.25, -0.2) is 0 Å². The standard InChI is InChI=1S/C35H58O6/c1-7-22(20(2)3)9-8-21(4)26-12-13-27-25-11-10-23-18-24(14-16-34(23,5)28(25)15-17-35(26,27)6)40-33-32(39)31(38)30(37)29(19-36)41-33/h10,20,22,24-33,36-39H,4,7-9,11-19H2,1-3,5-6H3/t22?,24-,25?,26+,27?,28?,29?,30?,31?,32?,33?,34-,35+/m0/s1. The molecule has 1 heterocycles. The van der Waals surface area contributed by atoms with Crippen LogP contribution in [0, 0.1) is 46.3 Å². The predicted molar refractivity (Wildman–Crippen MR) is 161 cm³/mol. The van der Waals surface area contributed by atoms with Crippen molar-refractivity contribution in [1.29, 1.82) is 0 Å². The second kappa shape index (κ2) is 12.3. The normalized spacial score (nSPS) is 46.8. The molecular weight excluding hydrogens is 516 g/mol. The second-order valence-corrected chi connectivity index (χ2v) is 15.2. The van der Waals surface area contributed by atoms with Gasteiger partial charge in [0.15, 0.2) is 6.29 Å². The van der Waals surface area contributed by atoms with Crippen LogP contribution in [0.5, 0.6) is 0 Å². The first-order valence-corrected chi connectivity index (χ1v) is 16.8. The zero-order valence-electron chi connectivity index (χ0n) is 26.3. The van der Waals surface area contributed by atoms with Crippen LogP contribution < -0.4 is 0 Å². The fourth-order valence-electron chi connectivity index (χ4n) is 10.3. The molecule has 4 fully saturated rings. The maximum Gasteiger partial charge on any atom is 0.186 e. The number of ether oxygens (including phenoxy) is 2. The van der Waals surface area contributed by atoms with Gasteiger partial charge in [0.25, 0.3) is 0 Å². The number of aliphatic hydroxyl groups excluding tert-OH is 4. The quantitative estimate of drug-likeness (QED) is 0.261. The number of rotatable bonds is 9. The molecule has 9 unspecified atom stereocenters. The molecule has 0 radical (unpaired) electrons. The lowest BCUT2D eigenvalue weighted by Gasteiger charge is -2.58. The molecule has 41 heavy (non-hydrogen) atoms. The van der Waals surface area contributed by atoms with Crippen LogP contribution in [0.25, 0.3) is 0 Å². The van der Waals surface area contributed by atoms with Gasteiger partial charge in [-0.1, -0.05) is 64.8 Å². The minimum atomic E-state index is -1.40. The first-order chi connectivity index (χ1) is 19.4. The lowest BCUT2D eigenvalue weighted by molar-refractivity contribution is -0.313. The molecular formula is C35H58O6. The maximum absolute atomic E-state index is 10.5. The van der Waals surface area contributed by atoms with Crippen LogP contribution >= 0.6 is 0 Å². The third-order valence-electron chi connectivity index (χ3n) is 13.0. The van der Waals surface area contributed by atoms with E-state index in [1.54, 1.807) is 0 Å². The maximum atomic E-state index is 10.5. The molecule has 3 saturated carbocycles. The minimum Gasteiger partial charge on any atom is -0.394 e. The summed E-state index contributed by atoms with van der Waals surface area (Å²) in [5.74, 6) is 4.42. The molecule has 0 aromatic heterocycles. The van der Waals surface area contributed by atoms with Gasteiger partial charge in [0.1, 0.15) is 24.4 Å². The van der Waals surface area contributed by atoms with Gasteiger partial charge in [-0.3, -0.25) is 0 Å². The van der Waals surface area contributed by atoms with Crippen LogP contribution in [-0.2, 0) is 9.47 Å². The summed E-state index contributed by atoms with van der Waals surface area (Å²) >= 11 is 0. The Morgan fingerprint density at radius 2 is 1.80 bits per heavy atom. The highest BCUT2D eigenvalue weighted by molar-refractivity contribution is 5.26. The van der Waals surface area contributed by atoms with E-state index in [4.69, 9.17) is 16.1 Å². The van der Waals surface area contributed by atoms with Gasteiger partial charge >= 0.3 is 0 Å². The molecule has 4 N–H and O–H groups in total. The van der Waals surface area contributed by atoms with E-state index in [0.29, 0.717) is 17.3 Å². The van der Waals surface area contributed by atoms with Crippen LogP contribution in [0.1, 0.15) is 105 Å². The summed E-state index contributed by atoms with van der Waals surface area (Å²) in [6, 6.07) is 0.